The van der Waals surface area contributed by atoms with Crippen molar-refractivity contribution >= 4 is 10.2 Å². The van der Waals surface area contributed by atoms with Crippen LogP contribution >= 0.6 is 0 Å². The summed E-state index contributed by atoms with van der Waals surface area (Å²) in [6.45, 7) is 5.19. The maximum Gasteiger partial charge on any atom is 0.279 e. The fourth-order valence-corrected chi connectivity index (χ4v) is 4.89. The molecule has 0 bridgehead atoms. The lowest BCUT2D eigenvalue weighted by atomic mass is 9.85. The second-order valence-corrected chi connectivity index (χ2v) is 7.79. The van der Waals surface area contributed by atoms with Gasteiger partial charge < -0.3 is 10.5 Å². The molecule has 0 aromatic rings. The molecule has 118 valence electrons. The van der Waals surface area contributed by atoms with Crippen LogP contribution in [-0.4, -0.2) is 50.6 Å². The van der Waals surface area contributed by atoms with E-state index >= 15 is 0 Å². The van der Waals surface area contributed by atoms with Gasteiger partial charge in [-0.3, -0.25) is 0 Å². The lowest BCUT2D eigenvalue weighted by molar-refractivity contribution is -0.0445. The van der Waals surface area contributed by atoms with Gasteiger partial charge in [0, 0.05) is 19.1 Å². The number of ether oxygens (including phenoxy) is 1. The quantitative estimate of drug-likeness (QED) is 0.789. The highest BCUT2D eigenvalue weighted by atomic mass is 32.2. The Labute approximate surface area is 122 Å². The Morgan fingerprint density at radius 3 is 2.40 bits per heavy atom. The van der Waals surface area contributed by atoms with E-state index in [0.717, 1.165) is 25.7 Å². The molecule has 3 N–H and O–H groups in total. The van der Waals surface area contributed by atoms with Gasteiger partial charge >= 0.3 is 0 Å². The average molecular weight is 305 g/mol. The Hall–Kier alpha value is -0.210. The molecule has 1 saturated carbocycles. The number of nitrogens with zero attached hydrogens (tertiary/aromatic N) is 1. The SMILES string of the molecule is C[C@@H]1CN(S(=O)(=O)N[C@@H]2CCCC[C@H]2CN)C[C@@H](C)O1. The number of nitrogens with one attached hydrogen (secondary N) is 1. The van der Waals surface area contributed by atoms with Gasteiger partial charge in [-0.1, -0.05) is 12.8 Å². The van der Waals surface area contributed by atoms with Crippen molar-refractivity contribution in [2.45, 2.75) is 57.8 Å². The third-order valence-electron chi connectivity index (χ3n) is 4.24. The van der Waals surface area contributed by atoms with Crippen molar-refractivity contribution in [2.24, 2.45) is 11.7 Å². The van der Waals surface area contributed by atoms with Crippen LogP contribution in [0.15, 0.2) is 0 Å². The summed E-state index contributed by atoms with van der Waals surface area (Å²) in [5, 5.41) is 0. The highest BCUT2D eigenvalue weighted by molar-refractivity contribution is 7.87. The molecular formula is C13H27N3O3S. The number of hydrogen-bond donors (Lipinski definition) is 2. The van der Waals surface area contributed by atoms with Gasteiger partial charge in [0.1, 0.15) is 0 Å². The molecule has 1 aliphatic heterocycles. The summed E-state index contributed by atoms with van der Waals surface area (Å²) < 4.78 is 35.0. The molecule has 1 heterocycles. The molecule has 6 nitrogen and oxygen atoms in total. The summed E-state index contributed by atoms with van der Waals surface area (Å²) in [6, 6.07) is -0.0211. The van der Waals surface area contributed by atoms with Crippen molar-refractivity contribution in [1.82, 2.24) is 9.03 Å². The standard InChI is InChI=1S/C13H27N3O3S/c1-10-8-16(9-11(2)19-10)20(17,18)15-13-6-4-3-5-12(13)7-14/h10-13,15H,3-9,14H2,1-2H3/t10-,11-,12+,13-/m1/s1. The van der Waals surface area contributed by atoms with E-state index in [0.29, 0.717) is 19.6 Å². The Bertz CT molecular complexity index is 405. The first-order valence-corrected chi connectivity index (χ1v) is 8.99. The van der Waals surface area contributed by atoms with E-state index in [9.17, 15) is 8.42 Å². The molecule has 2 aliphatic rings. The molecule has 1 saturated heterocycles. The van der Waals surface area contributed by atoms with E-state index < -0.39 is 10.2 Å². The highest BCUT2D eigenvalue weighted by Crippen LogP contribution is 2.25. The summed E-state index contributed by atoms with van der Waals surface area (Å²) in [7, 11) is -3.44. The Kier molecular flexibility index (Phi) is 5.42. The molecule has 7 heteroatoms. The monoisotopic (exact) mass is 305 g/mol. The second kappa shape index (κ2) is 6.70. The molecule has 0 spiro atoms. The minimum Gasteiger partial charge on any atom is -0.373 e. The second-order valence-electron chi connectivity index (χ2n) is 6.08. The van der Waals surface area contributed by atoms with E-state index in [2.05, 4.69) is 4.72 Å². The van der Waals surface area contributed by atoms with Crippen LogP contribution in [0.3, 0.4) is 0 Å². The largest absolute Gasteiger partial charge is 0.373 e. The van der Waals surface area contributed by atoms with Crippen LogP contribution in [-0.2, 0) is 14.9 Å². The highest BCUT2D eigenvalue weighted by Gasteiger charge is 2.34. The Balaban J connectivity index is 2.02. The van der Waals surface area contributed by atoms with Crippen LogP contribution in [0, 0.1) is 5.92 Å². The molecule has 0 unspecified atom stereocenters. The van der Waals surface area contributed by atoms with Gasteiger partial charge in [-0.15, -0.1) is 0 Å². The first-order valence-electron chi connectivity index (χ1n) is 7.55. The summed E-state index contributed by atoms with van der Waals surface area (Å²) in [5.74, 6) is 0.259. The van der Waals surface area contributed by atoms with Crippen LogP contribution in [0.2, 0.25) is 0 Å². The summed E-state index contributed by atoms with van der Waals surface area (Å²) >= 11 is 0. The molecular weight excluding hydrogens is 278 g/mol. The van der Waals surface area contributed by atoms with Crippen molar-refractivity contribution in [3.05, 3.63) is 0 Å². The first-order chi connectivity index (χ1) is 9.42. The van der Waals surface area contributed by atoms with E-state index in [4.69, 9.17) is 10.5 Å². The van der Waals surface area contributed by atoms with Gasteiger partial charge in [-0.2, -0.15) is 17.4 Å². The predicted molar refractivity (Wildman–Crippen MR) is 78.4 cm³/mol. The van der Waals surface area contributed by atoms with Crippen molar-refractivity contribution in [2.75, 3.05) is 19.6 Å². The van der Waals surface area contributed by atoms with Gasteiger partial charge in [-0.05, 0) is 39.2 Å². The summed E-state index contributed by atoms with van der Waals surface area (Å²) in [5.41, 5.74) is 5.77. The topological polar surface area (TPSA) is 84.7 Å². The lowest BCUT2D eigenvalue weighted by Crippen LogP contribution is -2.55. The lowest BCUT2D eigenvalue weighted by Gasteiger charge is -2.37. The molecule has 2 rings (SSSR count). The molecule has 1 aliphatic carbocycles. The van der Waals surface area contributed by atoms with E-state index in [1.165, 1.54) is 4.31 Å². The molecule has 0 aromatic heterocycles. The summed E-state index contributed by atoms with van der Waals surface area (Å²) in [4.78, 5) is 0. The van der Waals surface area contributed by atoms with Crippen LogP contribution in [0.5, 0.6) is 0 Å². The summed E-state index contributed by atoms with van der Waals surface area (Å²) in [6.07, 6.45) is 3.99. The van der Waals surface area contributed by atoms with Crippen LogP contribution in [0.4, 0.5) is 0 Å². The average Bonchev–Trinajstić information content (AvgIpc) is 2.38. The zero-order valence-electron chi connectivity index (χ0n) is 12.4. The van der Waals surface area contributed by atoms with E-state index in [1.54, 1.807) is 0 Å². The minimum atomic E-state index is -3.44. The van der Waals surface area contributed by atoms with Crippen LogP contribution in [0.1, 0.15) is 39.5 Å². The number of hydrogen-bond acceptors (Lipinski definition) is 4. The zero-order chi connectivity index (χ0) is 14.8. The molecule has 0 amide bonds. The number of nitrogens with two attached hydrogens (primary N) is 1. The van der Waals surface area contributed by atoms with Gasteiger partial charge in [0.05, 0.1) is 12.2 Å². The minimum absolute atomic E-state index is 0.0211. The third-order valence-corrected chi connectivity index (χ3v) is 5.82. The smallest absolute Gasteiger partial charge is 0.279 e. The Morgan fingerprint density at radius 1 is 1.20 bits per heavy atom. The van der Waals surface area contributed by atoms with Crippen LogP contribution in [0.25, 0.3) is 0 Å². The first kappa shape index (κ1) is 16.2. The predicted octanol–water partition coefficient (Wildman–Crippen LogP) is 0.448. The third kappa shape index (κ3) is 3.92. The van der Waals surface area contributed by atoms with Gasteiger partial charge in [0.15, 0.2) is 0 Å². The number of morpholine rings is 1. The Morgan fingerprint density at radius 2 is 1.80 bits per heavy atom. The molecule has 0 radical (unpaired) electrons. The van der Waals surface area contributed by atoms with Crippen molar-refractivity contribution in [3.8, 4) is 0 Å². The normalized spacial score (nSPS) is 37.0. The van der Waals surface area contributed by atoms with Crippen molar-refractivity contribution in [3.63, 3.8) is 0 Å². The fourth-order valence-electron chi connectivity index (χ4n) is 3.24. The fraction of sp³-hybridized carbons (Fsp3) is 1.00. The van der Waals surface area contributed by atoms with Crippen molar-refractivity contribution < 1.29 is 13.2 Å². The molecule has 20 heavy (non-hydrogen) atoms. The molecule has 4 atom stereocenters. The van der Waals surface area contributed by atoms with E-state index in [-0.39, 0.29) is 24.2 Å². The maximum absolute atomic E-state index is 12.5. The van der Waals surface area contributed by atoms with E-state index in [1.807, 2.05) is 13.8 Å². The van der Waals surface area contributed by atoms with Crippen molar-refractivity contribution in [1.29, 1.82) is 0 Å². The van der Waals surface area contributed by atoms with Gasteiger partial charge in [0.25, 0.3) is 10.2 Å². The molecule has 0 aromatic carbocycles. The number of rotatable bonds is 4. The van der Waals surface area contributed by atoms with Gasteiger partial charge in [0.2, 0.25) is 0 Å². The van der Waals surface area contributed by atoms with Gasteiger partial charge in [-0.25, -0.2) is 0 Å². The zero-order valence-corrected chi connectivity index (χ0v) is 13.2. The van der Waals surface area contributed by atoms with Crippen LogP contribution < -0.4 is 10.5 Å². The maximum atomic E-state index is 12.5. The molecule has 2 fully saturated rings.